The number of likely N-dealkylation sites (tertiary alicyclic amines) is 1. The maximum atomic E-state index is 12.2. The van der Waals surface area contributed by atoms with Gasteiger partial charge in [0.15, 0.2) is 0 Å². The molecule has 2 heterocycles. The van der Waals surface area contributed by atoms with Crippen molar-refractivity contribution in [2.45, 2.75) is 18.9 Å². The number of rotatable bonds is 3. The van der Waals surface area contributed by atoms with Crippen LogP contribution in [0.4, 0.5) is 5.82 Å². The zero-order valence-electron chi connectivity index (χ0n) is 9.47. The summed E-state index contributed by atoms with van der Waals surface area (Å²) in [5.41, 5.74) is 2.94. The van der Waals surface area contributed by atoms with Gasteiger partial charge < -0.3 is 15.4 Å². The number of carbonyl (C=O) groups is 1. The molecule has 4 N–H and O–H groups in total. The molecule has 1 aliphatic rings. The first-order chi connectivity index (χ1) is 8.26. The van der Waals surface area contributed by atoms with Gasteiger partial charge in [-0.25, -0.2) is 10.8 Å². The molecule has 1 aromatic rings. The lowest BCUT2D eigenvalue weighted by Gasteiger charge is -2.23. The summed E-state index contributed by atoms with van der Waals surface area (Å²) in [5.74, 6) is 5.62. The molecule has 17 heavy (non-hydrogen) atoms. The Kier molecular flexibility index (Phi) is 3.55. The minimum absolute atomic E-state index is 0.0127. The largest absolute Gasteiger partial charge is 0.394 e. The van der Waals surface area contributed by atoms with Crippen molar-refractivity contribution in [3.63, 3.8) is 0 Å². The van der Waals surface area contributed by atoms with Crippen LogP contribution in [0.3, 0.4) is 0 Å². The van der Waals surface area contributed by atoms with Crippen molar-refractivity contribution < 1.29 is 9.90 Å². The van der Waals surface area contributed by atoms with E-state index in [-0.39, 0.29) is 18.6 Å². The predicted molar refractivity (Wildman–Crippen MR) is 63.2 cm³/mol. The number of aliphatic hydroxyl groups is 1. The highest BCUT2D eigenvalue weighted by atomic mass is 16.3. The second kappa shape index (κ2) is 5.11. The highest BCUT2D eigenvalue weighted by Gasteiger charge is 2.28. The fraction of sp³-hybridized carbons (Fsp3) is 0.455. The van der Waals surface area contributed by atoms with Crippen molar-refractivity contribution in [3.05, 3.63) is 23.9 Å². The van der Waals surface area contributed by atoms with Crippen LogP contribution < -0.4 is 11.3 Å². The number of aromatic nitrogens is 1. The van der Waals surface area contributed by atoms with Crippen LogP contribution >= 0.6 is 0 Å². The van der Waals surface area contributed by atoms with Crippen molar-refractivity contribution in [1.82, 2.24) is 9.88 Å². The van der Waals surface area contributed by atoms with Gasteiger partial charge in [-0.3, -0.25) is 4.79 Å². The molecule has 0 aliphatic carbocycles. The lowest BCUT2D eigenvalue weighted by atomic mass is 10.2. The summed E-state index contributed by atoms with van der Waals surface area (Å²) < 4.78 is 0. The molecule has 6 heteroatoms. The molecule has 1 atom stereocenters. The van der Waals surface area contributed by atoms with Gasteiger partial charge in [-0.05, 0) is 25.0 Å². The lowest BCUT2D eigenvalue weighted by molar-refractivity contribution is 0.0677. The van der Waals surface area contributed by atoms with Gasteiger partial charge in [0.05, 0.1) is 12.6 Å². The Labute approximate surface area is 99.4 Å². The van der Waals surface area contributed by atoms with Crippen molar-refractivity contribution in [2.24, 2.45) is 5.84 Å². The summed E-state index contributed by atoms with van der Waals surface area (Å²) in [4.78, 5) is 17.9. The molecule has 2 rings (SSSR count). The van der Waals surface area contributed by atoms with Crippen LogP contribution in [0.2, 0.25) is 0 Å². The zero-order chi connectivity index (χ0) is 12.3. The molecule has 1 amide bonds. The summed E-state index contributed by atoms with van der Waals surface area (Å²) in [7, 11) is 0. The number of nitrogen functional groups attached to an aromatic ring is 1. The van der Waals surface area contributed by atoms with E-state index in [4.69, 9.17) is 5.84 Å². The summed E-state index contributed by atoms with van der Waals surface area (Å²) >= 11 is 0. The van der Waals surface area contributed by atoms with E-state index in [0.29, 0.717) is 17.9 Å². The number of anilines is 1. The van der Waals surface area contributed by atoms with Gasteiger partial charge in [0.25, 0.3) is 5.91 Å². The number of nitrogens with zero attached hydrogens (tertiary/aromatic N) is 2. The Morgan fingerprint density at radius 3 is 3.24 bits per heavy atom. The SMILES string of the molecule is NNc1cc(C(=O)N2CCCC2CO)ccn1. The third kappa shape index (κ3) is 2.37. The van der Waals surface area contributed by atoms with Crippen molar-refractivity contribution in [3.8, 4) is 0 Å². The average molecular weight is 236 g/mol. The number of hydrogen-bond acceptors (Lipinski definition) is 5. The van der Waals surface area contributed by atoms with Gasteiger partial charge in [0, 0.05) is 18.3 Å². The molecule has 0 radical (unpaired) electrons. The van der Waals surface area contributed by atoms with Gasteiger partial charge >= 0.3 is 0 Å². The average Bonchev–Trinajstić information content (AvgIpc) is 2.86. The normalized spacial score (nSPS) is 19.4. The van der Waals surface area contributed by atoms with Gasteiger partial charge in [-0.2, -0.15) is 0 Å². The summed E-state index contributed by atoms with van der Waals surface area (Å²) in [5, 5.41) is 9.19. The van der Waals surface area contributed by atoms with E-state index in [1.807, 2.05) is 0 Å². The second-order valence-corrected chi connectivity index (χ2v) is 4.05. The van der Waals surface area contributed by atoms with Crippen LogP contribution in [-0.4, -0.2) is 40.1 Å². The first-order valence-electron chi connectivity index (χ1n) is 5.60. The fourth-order valence-electron chi connectivity index (χ4n) is 2.10. The maximum absolute atomic E-state index is 12.2. The molecule has 1 fully saturated rings. The van der Waals surface area contributed by atoms with Crippen LogP contribution in [0.25, 0.3) is 0 Å². The van der Waals surface area contributed by atoms with Crippen LogP contribution in [0.5, 0.6) is 0 Å². The fourth-order valence-corrected chi connectivity index (χ4v) is 2.10. The highest BCUT2D eigenvalue weighted by molar-refractivity contribution is 5.95. The molecular formula is C11H16N4O2. The molecule has 92 valence electrons. The molecule has 0 saturated carbocycles. The molecule has 6 nitrogen and oxygen atoms in total. The Bertz CT molecular complexity index is 410. The molecule has 0 bridgehead atoms. The third-order valence-corrected chi connectivity index (χ3v) is 3.00. The predicted octanol–water partition coefficient (Wildman–Crippen LogP) is -0.0359. The van der Waals surface area contributed by atoms with Gasteiger partial charge in [-0.15, -0.1) is 0 Å². The van der Waals surface area contributed by atoms with Crippen LogP contribution in [0, 0.1) is 0 Å². The van der Waals surface area contributed by atoms with E-state index < -0.39 is 0 Å². The number of pyridine rings is 1. The van der Waals surface area contributed by atoms with E-state index in [1.165, 1.54) is 6.20 Å². The standard InChI is InChI=1S/C11H16N4O2/c12-14-10-6-8(3-4-13-10)11(17)15-5-1-2-9(15)7-16/h3-4,6,9,16H,1-2,5,7,12H2,(H,13,14). The van der Waals surface area contributed by atoms with Gasteiger partial charge in [-0.1, -0.05) is 0 Å². The van der Waals surface area contributed by atoms with E-state index >= 15 is 0 Å². The van der Waals surface area contributed by atoms with Gasteiger partial charge in [0.1, 0.15) is 5.82 Å². The van der Waals surface area contributed by atoms with Crippen LogP contribution in [0.1, 0.15) is 23.2 Å². The molecule has 0 spiro atoms. The van der Waals surface area contributed by atoms with E-state index in [0.717, 1.165) is 12.8 Å². The summed E-state index contributed by atoms with van der Waals surface area (Å²) in [6.07, 6.45) is 3.33. The van der Waals surface area contributed by atoms with E-state index in [9.17, 15) is 9.90 Å². The summed E-state index contributed by atoms with van der Waals surface area (Å²) in [6, 6.07) is 3.19. The molecule has 1 aliphatic heterocycles. The first-order valence-corrected chi connectivity index (χ1v) is 5.60. The lowest BCUT2D eigenvalue weighted by Crippen LogP contribution is -2.37. The molecule has 1 unspecified atom stereocenters. The molecular weight excluding hydrogens is 220 g/mol. The highest BCUT2D eigenvalue weighted by Crippen LogP contribution is 2.20. The minimum atomic E-state index is -0.0829. The topological polar surface area (TPSA) is 91.5 Å². The Morgan fingerprint density at radius 2 is 2.53 bits per heavy atom. The number of amides is 1. The van der Waals surface area contributed by atoms with E-state index in [2.05, 4.69) is 10.4 Å². The third-order valence-electron chi connectivity index (χ3n) is 3.00. The minimum Gasteiger partial charge on any atom is -0.394 e. The maximum Gasteiger partial charge on any atom is 0.254 e. The number of carbonyl (C=O) groups excluding carboxylic acids is 1. The van der Waals surface area contributed by atoms with Crippen molar-refractivity contribution in [1.29, 1.82) is 0 Å². The Balaban J connectivity index is 2.18. The summed E-state index contributed by atoms with van der Waals surface area (Å²) in [6.45, 7) is 0.705. The first kappa shape index (κ1) is 11.8. The van der Waals surface area contributed by atoms with Gasteiger partial charge in [0.2, 0.25) is 0 Å². The number of nitrogens with two attached hydrogens (primary N) is 1. The monoisotopic (exact) mass is 236 g/mol. The second-order valence-electron chi connectivity index (χ2n) is 4.05. The molecule has 1 aromatic heterocycles. The smallest absolute Gasteiger partial charge is 0.254 e. The van der Waals surface area contributed by atoms with E-state index in [1.54, 1.807) is 17.0 Å². The number of aliphatic hydroxyl groups excluding tert-OH is 1. The van der Waals surface area contributed by atoms with Crippen LogP contribution in [0.15, 0.2) is 18.3 Å². The van der Waals surface area contributed by atoms with Crippen molar-refractivity contribution >= 4 is 11.7 Å². The molecule has 1 saturated heterocycles. The quantitative estimate of drug-likeness (QED) is 0.506. The number of nitrogens with one attached hydrogen (secondary N) is 1. The number of hydrogen-bond donors (Lipinski definition) is 3. The van der Waals surface area contributed by atoms with Crippen LogP contribution in [-0.2, 0) is 0 Å². The van der Waals surface area contributed by atoms with Crippen molar-refractivity contribution in [2.75, 3.05) is 18.6 Å². The Hall–Kier alpha value is -1.66. The zero-order valence-corrected chi connectivity index (χ0v) is 9.47. The Morgan fingerprint density at radius 1 is 1.71 bits per heavy atom. The number of hydrazine groups is 1. The molecule has 0 aromatic carbocycles.